The average Bonchev–Trinajstić information content (AvgIpc) is 2.68. The van der Waals surface area contributed by atoms with Crippen molar-refractivity contribution in [3.05, 3.63) is 29.8 Å². The summed E-state index contributed by atoms with van der Waals surface area (Å²) in [6.07, 6.45) is 0.0971. The number of hydrogen-bond acceptors (Lipinski definition) is 6. The molecule has 28 heavy (non-hydrogen) atoms. The minimum atomic E-state index is -1.03. The fraction of sp³-hybridized carbons (Fsp3) is 0.550. The van der Waals surface area contributed by atoms with E-state index in [1.807, 2.05) is 4.90 Å². The van der Waals surface area contributed by atoms with Gasteiger partial charge in [0.15, 0.2) is 5.78 Å². The first-order chi connectivity index (χ1) is 13.4. The molecule has 1 aromatic rings. The third-order valence-corrected chi connectivity index (χ3v) is 4.77. The van der Waals surface area contributed by atoms with Gasteiger partial charge in [-0.1, -0.05) is 12.1 Å². The van der Waals surface area contributed by atoms with E-state index in [0.29, 0.717) is 32.1 Å². The van der Waals surface area contributed by atoms with Crippen molar-refractivity contribution in [2.45, 2.75) is 25.8 Å². The molecule has 0 radical (unpaired) electrons. The Balaban J connectivity index is 1.85. The van der Waals surface area contributed by atoms with Crippen molar-refractivity contribution >= 4 is 17.7 Å². The van der Waals surface area contributed by atoms with Crippen molar-refractivity contribution in [1.29, 1.82) is 0 Å². The summed E-state index contributed by atoms with van der Waals surface area (Å²) in [4.78, 5) is 38.1. The van der Waals surface area contributed by atoms with Crippen molar-refractivity contribution in [1.82, 2.24) is 10.2 Å². The minimum Gasteiger partial charge on any atom is -0.497 e. The van der Waals surface area contributed by atoms with Crippen LogP contribution in [0.15, 0.2) is 24.3 Å². The van der Waals surface area contributed by atoms with Crippen molar-refractivity contribution < 1.29 is 29.0 Å². The van der Waals surface area contributed by atoms with Gasteiger partial charge in [0.2, 0.25) is 5.91 Å². The normalized spacial score (nSPS) is 16.8. The first-order valence-electron chi connectivity index (χ1n) is 9.37. The highest BCUT2D eigenvalue weighted by molar-refractivity contribution is 5.91. The van der Waals surface area contributed by atoms with Crippen LogP contribution in [0.5, 0.6) is 5.75 Å². The van der Waals surface area contributed by atoms with Crippen LogP contribution in [-0.4, -0.2) is 73.7 Å². The van der Waals surface area contributed by atoms with E-state index in [-0.39, 0.29) is 31.1 Å². The maximum atomic E-state index is 12.4. The fourth-order valence-corrected chi connectivity index (χ4v) is 3.04. The van der Waals surface area contributed by atoms with E-state index in [2.05, 4.69) is 5.32 Å². The topological polar surface area (TPSA) is 105 Å². The number of aliphatic carboxylic acids is 1. The number of hydrogen-bond donors (Lipinski definition) is 2. The number of ketones is 1. The maximum absolute atomic E-state index is 12.4. The number of carboxylic acid groups (broad SMARTS) is 1. The number of Topliss-reactive ketones (excluding diaryl/α,β-unsaturated/α-hetero) is 1. The van der Waals surface area contributed by atoms with Crippen molar-refractivity contribution in [2.24, 2.45) is 5.92 Å². The van der Waals surface area contributed by atoms with Gasteiger partial charge < -0.3 is 19.9 Å². The van der Waals surface area contributed by atoms with Gasteiger partial charge in [-0.2, -0.15) is 0 Å². The van der Waals surface area contributed by atoms with Gasteiger partial charge in [0, 0.05) is 19.5 Å². The second kappa shape index (κ2) is 10.8. The molecule has 2 N–H and O–H groups in total. The molecule has 1 heterocycles. The monoisotopic (exact) mass is 392 g/mol. The Labute approximate surface area is 164 Å². The van der Waals surface area contributed by atoms with Crippen molar-refractivity contribution in [3.63, 3.8) is 0 Å². The third-order valence-electron chi connectivity index (χ3n) is 4.77. The molecular weight excluding hydrogens is 364 g/mol. The number of carbonyl (C=O) groups is 3. The van der Waals surface area contributed by atoms with Gasteiger partial charge in [0.1, 0.15) is 5.75 Å². The summed E-state index contributed by atoms with van der Waals surface area (Å²) < 4.78 is 10.3. The summed E-state index contributed by atoms with van der Waals surface area (Å²) in [5.74, 6) is -1.74. The molecule has 1 fully saturated rings. The lowest BCUT2D eigenvalue weighted by atomic mass is 9.92. The predicted molar refractivity (Wildman–Crippen MR) is 102 cm³/mol. The van der Waals surface area contributed by atoms with Crippen LogP contribution in [0.3, 0.4) is 0 Å². The molecule has 0 spiro atoms. The summed E-state index contributed by atoms with van der Waals surface area (Å²) in [5.41, 5.74) is 0.810. The number of morpholine rings is 1. The zero-order chi connectivity index (χ0) is 20.5. The molecule has 0 bridgehead atoms. The van der Waals surface area contributed by atoms with E-state index in [1.165, 1.54) is 0 Å². The second-order valence-corrected chi connectivity index (χ2v) is 6.94. The standard InChI is InChI=1S/C20H28N2O6/c1-14(21-19(24)13-22-7-9-28-10-8-22)18(23)12-16(20(25)26)11-15-3-5-17(27-2)6-4-15/h3-6,14,16H,7-13H2,1-2H3,(H,21,24)(H,25,26)/t14-,16+/m0/s1. The smallest absolute Gasteiger partial charge is 0.307 e. The average molecular weight is 392 g/mol. The highest BCUT2D eigenvalue weighted by Gasteiger charge is 2.26. The number of carbonyl (C=O) groups excluding carboxylic acids is 2. The second-order valence-electron chi connectivity index (χ2n) is 6.94. The Kier molecular flexibility index (Phi) is 8.41. The molecule has 1 aromatic carbocycles. The number of amides is 1. The molecule has 0 saturated carbocycles. The molecular formula is C20H28N2O6. The van der Waals surface area contributed by atoms with E-state index in [4.69, 9.17) is 9.47 Å². The summed E-state index contributed by atoms with van der Waals surface area (Å²) in [6, 6.07) is 6.35. The molecule has 0 aromatic heterocycles. The largest absolute Gasteiger partial charge is 0.497 e. The molecule has 1 saturated heterocycles. The van der Waals surface area contributed by atoms with Crippen LogP contribution in [0.4, 0.5) is 0 Å². The Hall–Kier alpha value is -2.45. The van der Waals surface area contributed by atoms with Gasteiger partial charge in [0.25, 0.3) is 0 Å². The quantitative estimate of drug-likeness (QED) is 0.605. The fourth-order valence-electron chi connectivity index (χ4n) is 3.04. The first-order valence-corrected chi connectivity index (χ1v) is 9.37. The number of methoxy groups -OCH3 is 1. The van der Waals surface area contributed by atoms with E-state index in [9.17, 15) is 19.5 Å². The van der Waals surface area contributed by atoms with Crippen LogP contribution < -0.4 is 10.1 Å². The number of nitrogens with zero attached hydrogens (tertiary/aromatic N) is 1. The van der Waals surface area contributed by atoms with Crippen molar-refractivity contribution in [3.8, 4) is 5.75 Å². The molecule has 1 aliphatic heterocycles. The van der Waals surface area contributed by atoms with Gasteiger partial charge in [0.05, 0.1) is 38.8 Å². The van der Waals surface area contributed by atoms with Gasteiger partial charge in [-0.25, -0.2) is 0 Å². The molecule has 8 heteroatoms. The molecule has 2 rings (SSSR count). The van der Waals surface area contributed by atoms with Crippen LogP contribution >= 0.6 is 0 Å². The Morgan fingerprint density at radius 3 is 2.43 bits per heavy atom. The first kappa shape index (κ1) is 21.8. The third kappa shape index (κ3) is 6.94. The summed E-state index contributed by atoms with van der Waals surface area (Å²) in [5, 5.41) is 12.2. The number of ether oxygens (including phenoxy) is 2. The van der Waals surface area contributed by atoms with Gasteiger partial charge in [-0.3, -0.25) is 19.3 Å². The van der Waals surface area contributed by atoms with Crippen LogP contribution in [0.25, 0.3) is 0 Å². The van der Waals surface area contributed by atoms with Crippen LogP contribution in [0.1, 0.15) is 18.9 Å². The Morgan fingerprint density at radius 2 is 1.86 bits per heavy atom. The van der Waals surface area contributed by atoms with Gasteiger partial charge in [-0.15, -0.1) is 0 Å². The number of carboxylic acids is 1. The maximum Gasteiger partial charge on any atom is 0.307 e. The van der Waals surface area contributed by atoms with Crippen LogP contribution in [-0.2, 0) is 25.5 Å². The number of benzene rings is 1. The van der Waals surface area contributed by atoms with Crippen LogP contribution in [0, 0.1) is 5.92 Å². The molecule has 154 valence electrons. The zero-order valence-electron chi connectivity index (χ0n) is 16.3. The molecule has 8 nitrogen and oxygen atoms in total. The zero-order valence-corrected chi connectivity index (χ0v) is 16.3. The van der Waals surface area contributed by atoms with E-state index < -0.39 is 17.9 Å². The molecule has 0 aliphatic carbocycles. The predicted octanol–water partition coefficient (Wildman–Crippen LogP) is 0.735. The molecule has 1 amide bonds. The molecule has 0 unspecified atom stereocenters. The lowest BCUT2D eigenvalue weighted by molar-refractivity contribution is -0.144. The highest BCUT2D eigenvalue weighted by atomic mass is 16.5. The highest BCUT2D eigenvalue weighted by Crippen LogP contribution is 2.17. The summed E-state index contributed by atoms with van der Waals surface area (Å²) in [6.45, 7) is 4.33. The van der Waals surface area contributed by atoms with E-state index >= 15 is 0 Å². The summed E-state index contributed by atoms with van der Waals surface area (Å²) in [7, 11) is 1.56. The van der Waals surface area contributed by atoms with E-state index in [1.54, 1.807) is 38.3 Å². The minimum absolute atomic E-state index is 0.139. The summed E-state index contributed by atoms with van der Waals surface area (Å²) >= 11 is 0. The van der Waals surface area contributed by atoms with Crippen molar-refractivity contribution in [2.75, 3.05) is 40.0 Å². The van der Waals surface area contributed by atoms with Gasteiger partial charge in [-0.05, 0) is 31.0 Å². The number of nitrogens with one attached hydrogen (secondary N) is 1. The lowest BCUT2D eigenvalue weighted by Gasteiger charge is -2.26. The van der Waals surface area contributed by atoms with E-state index in [0.717, 1.165) is 5.56 Å². The SMILES string of the molecule is COc1ccc(C[C@H](CC(=O)[C@H](C)NC(=O)CN2CCOCC2)C(=O)O)cc1. The molecule has 2 atom stereocenters. The van der Waals surface area contributed by atoms with Gasteiger partial charge >= 0.3 is 5.97 Å². The Morgan fingerprint density at radius 1 is 1.21 bits per heavy atom. The number of rotatable bonds is 10. The Bertz CT molecular complexity index is 670. The molecule has 1 aliphatic rings. The van der Waals surface area contributed by atoms with Crippen LogP contribution in [0.2, 0.25) is 0 Å². The lowest BCUT2D eigenvalue weighted by Crippen LogP contribution is -2.47.